The van der Waals surface area contributed by atoms with E-state index in [0.29, 0.717) is 12.2 Å². The average Bonchev–Trinajstić information content (AvgIpc) is 2.90. The van der Waals surface area contributed by atoms with Gasteiger partial charge in [0.2, 0.25) is 11.6 Å². The number of hydrogen-bond donors (Lipinski definition) is 0. The lowest BCUT2D eigenvalue weighted by molar-refractivity contribution is -0.704. The third-order valence-corrected chi connectivity index (χ3v) is 7.23. The van der Waals surface area contributed by atoms with E-state index < -0.39 is 0 Å². The second-order valence-corrected chi connectivity index (χ2v) is 11.8. The summed E-state index contributed by atoms with van der Waals surface area (Å²) < 4.78 is 8.33. The van der Waals surface area contributed by atoms with Gasteiger partial charge >= 0.3 is 0 Å². The Balaban J connectivity index is 2.01. The molecule has 5 heteroatoms. The Kier molecular flexibility index (Phi) is 14.3. The van der Waals surface area contributed by atoms with Crippen molar-refractivity contribution in [1.82, 2.24) is 4.90 Å². The second-order valence-electron chi connectivity index (χ2n) is 11.8. The summed E-state index contributed by atoms with van der Waals surface area (Å²) in [5.74, 6) is 0.292. The first kappa shape index (κ1) is 32.5. The first-order chi connectivity index (χ1) is 18.7. The number of pyridine rings is 1. The van der Waals surface area contributed by atoms with E-state index in [0.717, 1.165) is 36.4 Å². The van der Waals surface area contributed by atoms with Crippen LogP contribution in [0.25, 0.3) is 0 Å². The Labute approximate surface area is 238 Å². The maximum absolute atomic E-state index is 13.6. The summed E-state index contributed by atoms with van der Waals surface area (Å²) in [6, 6.07) is 11.5. The number of amides is 2. The van der Waals surface area contributed by atoms with Crippen LogP contribution in [0.5, 0.6) is 5.75 Å². The van der Waals surface area contributed by atoms with E-state index in [-0.39, 0.29) is 23.8 Å². The number of aryl methyl sites for hydroxylation is 1. The Morgan fingerprint density at radius 3 is 2.08 bits per heavy atom. The maximum Gasteiger partial charge on any atom is 0.260 e. The fraction of sp³-hybridized carbons (Fsp3) is 0.618. The fourth-order valence-electron chi connectivity index (χ4n) is 4.90. The zero-order valence-corrected chi connectivity index (χ0v) is 25.6. The van der Waals surface area contributed by atoms with Crippen molar-refractivity contribution in [2.75, 3.05) is 6.61 Å². The first-order valence-electron chi connectivity index (χ1n) is 15.3. The number of imide groups is 1. The minimum Gasteiger partial charge on any atom is -0.493 e. The van der Waals surface area contributed by atoms with Crippen molar-refractivity contribution >= 4 is 11.8 Å². The van der Waals surface area contributed by atoms with Crippen LogP contribution in [0.3, 0.4) is 0 Å². The van der Waals surface area contributed by atoms with Crippen LogP contribution >= 0.6 is 0 Å². The summed E-state index contributed by atoms with van der Waals surface area (Å²) in [4.78, 5) is 27.5. The highest BCUT2D eigenvalue weighted by Crippen LogP contribution is 2.33. The Morgan fingerprint density at radius 1 is 0.846 bits per heavy atom. The summed E-state index contributed by atoms with van der Waals surface area (Å²) in [6.45, 7) is 14.0. The molecule has 1 heterocycles. The quantitative estimate of drug-likeness (QED) is 0.151. The van der Waals surface area contributed by atoms with Gasteiger partial charge in [-0.3, -0.25) is 14.5 Å². The molecule has 0 unspecified atom stereocenters. The SMILES string of the molecule is CCCCCCCCCCCCOc1ccc(C(=O)N(Cc2cccc[n+]2CCC)C(C)=O)cc1C(C)(C)C. The minimum absolute atomic E-state index is 0.200. The van der Waals surface area contributed by atoms with Crippen molar-refractivity contribution in [1.29, 1.82) is 0 Å². The number of benzene rings is 1. The van der Waals surface area contributed by atoms with Crippen molar-refractivity contribution in [2.45, 2.75) is 131 Å². The van der Waals surface area contributed by atoms with Gasteiger partial charge in [-0.1, -0.05) is 98.5 Å². The van der Waals surface area contributed by atoms with Crippen LogP contribution in [0.1, 0.15) is 134 Å². The highest BCUT2D eigenvalue weighted by Gasteiger charge is 2.27. The largest absolute Gasteiger partial charge is 0.493 e. The van der Waals surface area contributed by atoms with Crippen LogP contribution in [-0.2, 0) is 23.3 Å². The molecule has 0 fully saturated rings. The van der Waals surface area contributed by atoms with Crippen molar-refractivity contribution in [2.24, 2.45) is 0 Å². The Bertz CT molecular complexity index is 1030. The van der Waals surface area contributed by atoms with Gasteiger partial charge in [0.25, 0.3) is 5.91 Å². The molecular formula is C34H53N2O3+. The fourth-order valence-corrected chi connectivity index (χ4v) is 4.90. The van der Waals surface area contributed by atoms with Crippen LogP contribution < -0.4 is 9.30 Å². The molecule has 0 saturated heterocycles. The molecule has 5 nitrogen and oxygen atoms in total. The zero-order valence-electron chi connectivity index (χ0n) is 25.6. The molecule has 2 aromatic rings. The van der Waals surface area contributed by atoms with Gasteiger partial charge in [-0.15, -0.1) is 0 Å². The van der Waals surface area contributed by atoms with Gasteiger partial charge in [-0.2, -0.15) is 0 Å². The van der Waals surface area contributed by atoms with E-state index in [1.54, 1.807) is 6.07 Å². The lowest BCUT2D eigenvalue weighted by Crippen LogP contribution is -2.43. The van der Waals surface area contributed by atoms with Crippen LogP contribution in [0.15, 0.2) is 42.6 Å². The van der Waals surface area contributed by atoms with Crippen LogP contribution in [0.2, 0.25) is 0 Å². The molecule has 39 heavy (non-hydrogen) atoms. The summed E-state index contributed by atoms with van der Waals surface area (Å²) >= 11 is 0. The molecule has 0 atom stereocenters. The zero-order chi connectivity index (χ0) is 28.7. The van der Waals surface area contributed by atoms with E-state index in [9.17, 15) is 9.59 Å². The number of aromatic nitrogens is 1. The summed E-state index contributed by atoms with van der Waals surface area (Å²) in [5.41, 5.74) is 2.24. The Morgan fingerprint density at radius 2 is 1.49 bits per heavy atom. The number of nitrogens with zero attached hydrogens (tertiary/aromatic N) is 2. The highest BCUT2D eigenvalue weighted by molar-refractivity contribution is 6.04. The Hall–Kier alpha value is -2.69. The lowest BCUT2D eigenvalue weighted by atomic mass is 9.85. The van der Waals surface area contributed by atoms with Crippen LogP contribution in [0, 0.1) is 0 Å². The summed E-state index contributed by atoms with van der Waals surface area (Å²) in [7, 11) is 0. The number of rotatable bonds is 17. The molecule has 0 radical (unpaired) electrons. The van der Waals surface area contributed by atoms with Crippen molar-refractivity contribution in [3.63, 3.8) is 0 Å². The summed E-state index contributed by atoms with van der Waals surface area (Å²) in [5, 5.41) is 0. The third-order valence-electron chi connectivity index (χ3n) is 7.23. The van der Waals surface area contributed by atoms with Crippen molar-refractivity contribution in [3.8, 4) is 5.75 Å². The third kappa shape index (κ3) is 11.1. The highest BCUT2D eigenvalue weighted by atomic mass is 16.5. The summed E-state index contributed by atoms with van der Waals surface area (Å²) in [6.07, 6.45) is 15.9. The number of carbonyl (C=O) groups is 2. The molecule has 0 aliphatic rings. The van der Waals surface area contributed by atoms with E-state index >= 15 is 0 Å². The number of ether oxygens (including phenoxy) is 1. The molecule has 0 N–H and O–H groups in total. The normalized spacial score (nSPS) is 11.4. The van der Waals surface area contributed by atoms with Gasteiger partial charge < -0.3 is 4.74 Å². The van der Waals surface area contributed by atoms with Crippen LogP contribution in [0.4, 0.5) is 0 Å². The smallest absolute Gasteiger partial charge is 0.260 e. The molecule has 2 amide bonds. The molecular weight excluding hydrogens is 484 g/mol. The standard InChI is InChI=1S/C34H53N2O3/c1-7-9-10-11-12-13-14-15-16-19-25-39-32-22-21-29(26-31(32)34(4,5)6)33(38)36(28(3)37)27-30-20-17-18-24-35(30)23-8-2/h17-18,20-22,24,26H,7-16,19,23,25,27H2,1-6H3/q+1. The molecule has 0 aliphatic carbocycles. The molecule has 0 aliphatic heterocycles. The second kappa shape index (κ2) is 17.1. The number of carbonyl (C=O) groups excluding carboxylic acids is 2. The van der Waals surface area contributed by atoms with Crippen molar-refractivity contribution < 1.29 is 18.9 Å². The van der Waals surface area contributed by atoms with Crippen molar-refractivity contribution in [3.05, 3.63) is 59.4 Å². The van der Waals surface area contributed by atoms with E-state index in [4.69, 9.17) is 4.74 Å². The van der Waals surface area contributed by atoms with Gasteiger partial charge in [0, 0.05) is 36.6 Å². The first-order valence-corrected chi connectivity index (χ1v) is 15.3. The predicted molar refractivity (Wildman–Crippen MR) is 160 cm³/mol. The molecule has 1 aromatic heterocycles. The van der Waals surface area contributed by atoms with Gasteiger partial charge in [0.15, 0.2) is 6.20 Å². The number of hydrogen-bond acceptors (Lipinski definition) is 3. The number of unbranched alkanes of at least 4 members (excludes halogenated alkanes) is 9. The molecule has 0 bridgehead atoms. The van der Waals surface area contributed by atoms with Crippen LogP contribution in [-0.4, -0.2) is 23.3 Å². The minimum atomic E-state index is -0.277. The molecule has 2 rings (SSSR count). The predicted octanol–water partition coefficient (Wildman–Crippen LogP) is 8.17. The molecule has 216 valence electrons. The van der Waals surface area contributed by atoms with E-state index in [1.807, 2.05) is 36.5 Å². The average molecular weight is 538 g/mol. The molecule has 1 aromatic carbocycles. The molecule has 0 saturated carbocycles. The van der Waals surface area contributed by atoms with Gasteiger partial charge in [0.1, 0.15) is 18.8 Å². The van der Waals surface area contributed by atoms with Gasteiger partial charge in [0.05, 0.1) is 6.61 Å². The van der Waals surface area contributed by atoms with E-state index in [2.05, 4.69) is 39.2 Å². The van der Waals surface area contributed by atoms with E-state index in [1.165, 1.54) is 69.6 Å². The van der Waals surface area contributed by atoms with Gasteiger partial charge in [-0.25, -0.2) is 4.57 Å². The topological polar surface area (TPSA) is 50.5 Å². The lowest BCUT2D eigenvalue weighted by Gasteiger charge is -2.25. The maximum atomic E-state index is 13.6. The van der Waals surface area contributed by atoms with Gasteiger partial charge in [-0.05, 0) is 30.0 Å². The monoisotopic (exact) mass is 537 g/mol. The molecule has 0 spiro atoms.